The Morgan fingerprint density at radius 1 is 1.35 bits per heavy atom. The second kappa shape index (κ2) is 5.37. The van der Waals surface area contributed by atoms with E-state index in [1.807, 2.05) is 18.2 Å². The van der Waals surface area contributed by atoms with E-state index in [-0.39, 0.29) is 5.41 Å². The zero-order valence-electron chi connectivity index (χ0n) is 12.1. The maximum Gasteiger partial charge on any atom is 0.234 e. The summed E-state index contributed by atoms with van der Waals surface area (Å²) >= 11 is 0. The van der Waals surface area contributed by atoms with Gasteiger partial charge in [-0.15, -0.1) is 0 Å². The zero-order valence-corrected chi connectivity index (χ0v) is 12.1. The predicted octanol–water partition coefficient (Wildman–Crippen LogP) is 3.08. The van der Waals surface area contributed by atoms with Crippen LogP contribution in [0, 0.1) is 6.92 Å². The molecule has 2 heterocycles. The first-order valence-corrected chi connectivity index (χ1v) is 7.36. The normalized spacial score (nSPS) is 22.9. The van der Waals surface area contributed by atoms with Gasteiger partial charge in [-0.1, -0.05) is 36.3 Å². The first-order chi connectivity index (χ1) is 9.75. The molecule has 106 valence electrons. The number of aromatic nitrogens is 2. The molecular formula is C16H21N3O. The van der Waals surface area contributed by atoms with Crippen molar-refractivity contribution in [1.29, 1.82) is 0 Å². The molecular weight excluding hydrogens is 250 g/mol. The summed E-state index contributed by atoms with van der Waals surface area (Å²) < 4.78 is 5.61. The number of hydrogen-bond acceptors (Lipinski definition) is 4. The number of piperidine rings is 1. The van der Waals surface area contributed by atoms with Gasteiger partial charge in [0.25, 0.3) is 0 Å². The van der Waals surface area contributed by atoms with Gasteiger partial charge in [-0.05, 0) is 38.3 Å². The lowest BCUT2D eigenvalue weighted by atomic mass is 9.78. The van der Waals surface area contributed by atoms with Crippen molar-refractivity contribution >= 4 is 0 Å². The molecule has 1 unspecified atom stereocenters. The summed E-state index contributed by atoms with van der Waals surface area (Å²) in [5.74, 6) is 1.49. The van der Waals surface area contributed by atoms with Crippen LogP contribution in [-0.2, 0) is 5.41 Å². The number of nitrogens with zero attached hydrogens (tertiary/aromatic N) is 2. The third kappa shape index (κ3) is 2.24. The molecule has 1 aromatic heterocycles. The molecule has 0 radical (unpaired) electrons. The van der Waals surface area contributed by atoms with Crippen molar-refractivity contribution in [3.8, 4) is 11.4 Å². The summed E-state index contributed by atoms with van der Waals surface area (Å²) in [5, 5.41) is 7.66. The third-order valence-electron chi connectivity index (χ3n) is 4.41. The quantitative estimate of drug-likeness (QED) is 0.932. The van der Waals surface area contributed by atoms with Crippen LogP contribution in [0.15, 0.2) is 28.8 Å². The van der Waals surface area contributed by atoms with Crippen LogP contribution in [0.25, 0.3) is 11.4 Å². The summed E-state index contributed by atoms with van der Waals surface area (Å²) in [4.78, 5) is 4.69. The molecule has 0 spiro atoms. The molecule has 1 saturated heterocycles. The smallest absolute Gasteiger partial charge is 0.234 e. The maximum atomic E-state index is 5.61. The first-order valence-electron chi connectivity index (χ1n) is 7.36. The lowest BCUT2D eigenvalue weighted by Gasteiger charge is -2.33. The molecule has 4 heteroatoms. The fourth-order valence-corrected chi connectivity index (χ4v) is 2.98. The van der Waals surface area contributed by atoms with Crippen molar-refractivity contribution in [1.82, 2.24) is 15.5 Å². The third-order valence-corrected chi connectivity index (χ3v) is 4.41. The van der Waals surface area contributed by atoms with Crippen LogP contribution in [0.2, 0.25) is 0 Å². The number of benzene rings is 1. The predicted molar refractivity (Wildman–Crippen MR) is 78.5 cm³/mol. The number of rotatable bonds is 3. The number of hydrogen-bond donors (Lipinski definition) is 1. The lowest BCUT2D eigenvalue weighted by Crippen LogP contribution is -2.43. The molecule has 1 fully saturated rings. The van der Waals surface area contributed by atoms with Gasteiger partial charge in [-0.2, -0.15) is 4.98 Å². The van der Waals surface area contributed by atoms with Crippen molar-refractivity contribution in [2.75, 3.05) is 13.1 Å². The van der Waals surface area contributed by atoms with Crippen molar-refractivity contribution in [2.45, 2.75) is 38.5 Å². The largest absolute Gasteiger partial charge is 0.338 e. The van der Waals surface area contributed by atoms with Gasteiger partial charge in [-0.25, -0.2) is 0 Å². The van der Waals surface area contributed by atoms with Gasteiger partial charge < -0.3 is 9.84 Å². The van der Waals surface area contributed by atoms with Crippen LogP contribution >= 0.6 is 0 Å². The summed E-state index contributed by atoms with van der Waals surface area (Å²) in [7, 11) is 0. The van der Waals surface area contributed by atoms with Gasteiger partial charge in [0.1, 0.15) is 0 Å². The molecule has 1 aromatic carbocycles. The van der Waals surface area contributed by atoms with E-state index in [1.54, 1.807) is 0 Å². The highest BCUT2D eigenvalue weighted by molar-refractivity contribution is 5.59. The van der Waals surface area contributed by atoms with E-state index in [9.17, 15) is 0 Å². The average molecular weight is 271 g/mol. The molecule has 0 amide bonds. The van der Waals surface area contributed by atoms with Gasteiger partial charge in [0.15, 0.2) is 0 Å². The maximum absolute atomic E-state index is 5.61. The molecule has 2 aromatic rings. The Morgan fingerprint density at radius 3 is 2.90 bits per heavy atom. The molecule has 1 aliphatic heterocycles. The minimum absolute atomic E-state index is 0.00614. The van der Waals surface area contributed by atoms with E-state index in [4.69, 9.17) is 9.51 Å². The van der Waals surface area contributed by atoms with E-state index in [1.165, 1.54) is 5.56 Å². The van der Waals surface area contributed by atoms with E-state index in [2.05, 4.69) is 30.4 Å². The zero-order chi connectivity index (χ0) is 14.0. The van der Waals surface area contributed by atoms with Gasteiger partial charge in [0.05, 0.1) is 5.41 Å². The minimum Gasteiger partial charge on any atom is -0.338 e. The van der Waals surface area contributed by atoms with Gasteiger partial charge in [0.2, 0.25) is 11.7 Å². The Balaban J connectivity index is 1.95. The van der Waals surface area contributed by atoms with Crippen molar-refractivity contribution in [3.63, 3.8) is 0 Å². The standard InChI is InChI=1S/C16H21N3O/c1-3-16(9-6-10-17-11-16)15-18-14(19-20-15)13-8-5-4-7-12(13)2/h4-5,7-8,17H,3,6,9-11H2,1-2H3. The Labute approximate surface area is 119 Å². The van der Waals surface area contributed by atoms with Crippen molar-refractivity contribution < 1.29 is 4.52 Å². The fraction of sp³-hybridized carbons (Fsp3) is 0.500. The summed E-state index contributed by atoms with van der Waals surface area (Å²) in [6.45, 7) is 6.28. The van der Waals surface area contributed by atoms with Gasteiger partial charge >= 0.3 is 0 Å². The van der Waals surface area contributed by atoms with Crippen molar-refractivity contribution in [2.24, 2.45) is 0 Å². The first kappa shape index (κ1) is 13.3. The molecule has 4 nitrogen and oxygen atoms in total. The Hall–Kier alpha value is -1.68. The fourth-order valence-electron chi connectivity index (χ4n) is 2.98. The molecule has 0 aliphatic carbocycles. The molecule has 1 atom stereocenters. The van der Waals surface area contributed by atoms with Crippen LogP contribution in [0.3, 0.4) is 0 Å². The summed E-state index contributed by atoms with van der Waals surface area (Å²) in [6.07, 6.45) is 3.30. The molecule has 3 rings (SSSR count). The average Bonchev–Trinajstić information content (AvgIpc) is 2.98. The highest BCUT2D eigenvalue weighted by Crippen LogP contribution is 2.34. The molecule has 20 heavy (non-hydrogen) atoms. The number of aryl methyl sites for hydroxylation is 1. The monoisotopic (exact) mass is 271 g/mol. The second-order valence-electron chi connectivity index (χ2n) is 5.65. The van der Waals surface area contributed by atoms with Crippen LogP contribution in [0.5, 0.6) is 0 Å². The van der Waals surface area contributed by atoms with Crippen LogP contribution in [-0.4, -0.2) is 23.2 Å². The SMILES string of the molecule is CCC1(c2nc(-c3ccccc3C)no2)CCCNC1. The Morgan fingerprint density at radius 2 is 2.20 bits per heavy atom. The summed E-state index contributed by atoms with van der Waals surface area (Å²) in [5.41, 5.74) is 2.23. The summed E-state index contributed by atoms with van der Waals surface area (Å²) in [6, 6.07) is 8.15. The van der Waals surface area contributed by atoms with Crippen LogP contribution < -0.4 is 5.32 Å². The molecule has 1 aliphatic rings. The molecule has 0 bridgehead atoms. The lowest BCUT2D eigenvalue weighted by molar-refractivity contribution is 0.221. The van der Waals surface area contributed by atoms with E-state index in [0.29, 0.717) is 5.82 Å². The van der Waals surface area contributed by atoms with Crippen LogP contribution in [0.4, 0.5) is 0 Å². The highest BCUT2D eigenvalue weighted by atomic mass is 16.5. The van der Waals surface area contributed by atoms with E-state index < -0.39 is 0 Å². The molecule has 1 N–H and O–H groups in total. The number of nitrogens with one attached hydrogen (secondary N) is 1. The van der Waals surface area contributed by atoms with Crippen molar-refractivity contribution in [3.05, 3.63) is 35.7 Å². The molecule has 0 saturated carbocycles. The van der Waals surface area contributed by atoms with Gasteiger partial charge in [-0.3, -0.25) is 0 Å². The minimum atomic E-state index is 0.00614. The Bertz CT molecular complexity index is 585. The highest BCUT2D eigenvalue weighted by Gasteiger charge is 2.37. The van der Waals surface area contributed by atoms with Gasteiger partial charge in [0, 0.05) is 12.1 Å². The second-order valence-corrected chi connectivity index (χ2v) is 5.65. The topological polar surface area (TPSA) is 51.0 Å². The Kier molecular flexibility index (Phi) is 3.57. The van der Waals surface area contributed by atoms with Crippen LogP contribution in [0.1, 0.15) is 37.6 Å². The van der Waals surface area contributed by atoms with E-state index in [0.717, 1.165) is 43.8 Å². The van der Waals surface area contributed by atoms with E-state index >= 15 is 0 Å².